The molecular weight excluding hydrogens is 408 g/mol. The predicted molar refractivity (Wildman–Crippen MR) is 110 cm³/mol. The zero-order valence-corrected chi connectivity index (χ0v) is 17.5. The van der Waals surface area contributed by atoms with Crippen LogP contribution in [0.15, 0.2) is 53.0 Å². The first kappa shape index (κ1) is 21.0. The van der Waals surface area contributed by atoms with E-state index in [9.17, 15) is 9.59 Å². The second-order valence-corrected chi connectivity index (χ2v) is 7.24. The molecule has 1 atom stereocenters. The molecular formula is C21H25BrN2O3. The smallest absolute Gasteiger partial charge is 0.261 e. The Morgan fingerprint density at radius 2 is 1.93 bits per heavy atom. The molecule has 144 valence electrons. The van der Waals surface area contributed by atoms with Gasteiger partial charge in [0, 0.05) is 17.6 Å². The third-order valence-corrected chi connectivity index (χ3v) is 4.61. The zero-order chi connectivity index (χ0) is 19.8. The van der Waals surface area contributed by atoms with Gasteiger partial charge in [0.05, 0.1) is 0 Å². The van der Waals surface area contributed by atoms with Gasteiger partial charge in [0.15, 0.2) is 6.61 Å². The Balaban J connectivity index is 2.14. The lowest BCUT2D eigenvalue weighted by atomic mass is 10.1. The Morgan fingerprint density at radius 3 is 2.59 bits per heavy atom. The van der Waals surface area contributed by atoms with Crippen LogP contribution in [0.1, 0.15) is 25.0 Å². The van der Waals surface area contributed by atoms with E-state index in [-0.39, 0.29) is 18.4 Å². The maximum absolute atomic E-state index is 12.9. The minimum atomic E-state index is -0.599. The van der Waals surface area contributed by atoms with E-state index in [4.69, 9.17) is 4.74 Å². The highest BCUT2D eigenvalue weighted by atomic mass is 79.9. The minimum absolute atomic E-state index is 0.124. The molecule has 6 heteroatoms. The first-order valence-electron chi connectivity index (χ1n) is 8.91. The summed E-state index contributed by atoms with van der Waals surface area (Å²) in [6.45, 7) is 6.27. The van der Waals surface area contributed by atoms with Gasteiger partial charge in [0.2, 0.25) is 5.91 Å². The van der Waals surface area contributed by atoms with Crippen LogP contribution < -0.4 is 10.1 Å². The van der Waals surface area contributed by atoms with Crippen LogP contribution in [0, 0.1) is 6.92 Å². The number of aryl methyl sites for hydroxylation is 1. The van der Waals surface area contributed by atoms with Crippen LogP contribution in [-0.2, 0) is 16.1 Å². The van der Waals surface area contributed by atoms with Crippen molar-refractivity contribution >= 4 is 27.7 Å². The lowest BCUT2D eigenvalue weighted by Crippen LogP contribution is -2.49. The van der Waals surface area contributed by atoms with Crippen molar-refractivity contribution in [3.8, 4) is 5.75 Å². The molecule has 2 aromatic carbocycles. The van der Waals surface area contributed by atoms with Crippen LogP contribution in [0.5, 0.6) is 5.75 Å². The lowest BCUT2D eigenvalue weighted by molar-refractivity contribution is -0.142. The summed E-state index contributed by atoms with van der Waals surface area (Å²) >= 11 is 3.44. The van der Waals surface area contributed by atoms with E-state index in [1.165, 1.54) is 0 Å². The topological polar surface area (TPSA) is 58.6 Å². The molecule has 0 radical (unpaired) electrons. The molecule has 0 aliphatic heterocycles. The number of hydrogen-bond acceptors (Lipinski definition) is 3. The highest BCUT2D eigenvalue weighted by Gasteiger charge is 2.26. The molecule has 0 heterocycles. The summed E-state index contributed by atoms with van der Waals surface area (Å²) in [6, 6.07) is 14.6. The fraction of sp³-hybridized carbons (Fsp3) is 0.333. The molecule has 2 aromatic rings. The van der Waals surface area contributed by atoms with Crippen LogP contribution in [0.4, 0.5) is 0 Å². The van der Waals surface area contributed by atoms with Gasteiger partial charge in [-0.1, -0.05) is 40.2 Å². The molecule has 0 saturated carbocycles. The van der Waals surface area contributed by atoms with Crippen molar-refractivity contribution in [3.63, 3.8) is 0 Å². The van der Waals surface area contributed by atoms with Crippen LogP contribution in [-0.4, -0.2) is 35.9 Å². The van der Waals surface area contributed by atoms with E-state index in [1.54, 1.807) is 11.8 Å². The third-order valence-electron chi connectivity index (χ3n) is 4.11. The number of likely N-dealkylation sites (N-methyl/N-ethyl adjacent to an activating group) is 1. The third kappa shape index (κ3) is 6.40. The Hall–Kier alpha value is -2.34. The number of carbonyl (C=O) groups is 2. The number of nitrogens with one attached hydrogen (secondary N) is 1. The van der Waals surface area contributed by atoms with Crippen LogP contribution in [0.2, 0.25) is 0 Å². The van der Waals surface area contributed by atoms with Gasteiger partial charge in [-0.2, -0.15) is 0 Å². The molecule has 1 N–H and O–H groups in total. The van der Waals surface area contributed by atoms with Crippen molar-refractivity contribution in [2.45, 2.75) is 33.4 Å². The van der Waals surface area contributed by atoms with Crippen LogP contribution in [0.25, 0.3) is 0 Å². The number of halogens is 1. The predicted octanol–water partition coefficient (Wildman–Crippen LogP) is 3.69. The van der Waals surface area contributed by atoms with Gasteiger partial charge < -0.3 is 15.0 Å². The molecule has 0 unspecified atom stereocenters. The number of rotatable bonds is 8. The number of amides is 2. The zero-order valence-electron chi connectivity index (χ0n) is 15.9. The van der Waals surface area contributed by atoms with E-state index in [2.05, 4.69) is 21.2 Å². The first-order chi connectivity index (χ1) is 12.9. The summed E-state index contributed by atoms with van der Waals surface area (Å²) in [5.74, 6) is 0.211. The molecule has 0 bridgehead atoms. The maximum atomic E-state index is 12.9. The number of benzene rings is 2. The summed E-state index contributed by atoms with van der Waals surface area (Å²) < 4.78 is 6.57. The van der Waals surface area contributed by atoms with Gasteiger partial charge in [-0.25, -0.2) is 0 Å². The lowest BCUT2D eigenvalue weighted by Gasteiger charge is -2.28. The summed E-state index contributed by atoms with van der Waals surface area (Å²) in [5.41, 5.74) is 1.99. The average molecular weight is 433 g/mol. The van der Waals surface area contributed by atoms with Gasteiger partial charge in [0.1, 0.15) is 11.8 Å². The fourth-order valence-electron chi connectivity index (χ4n) is 2.67. The molecule has 0 aliphatic rings. The van der Waals surface area contributed by atoms with Gasteiger partial charge in [-0.05, 0) is 56.2 Å². The number of hydrogen-bond donors (Lipinski definition) is 1. The largest absolute Gasteiger partial charge is 0.484 e. The van der Waals surface area contributed by atoms with Gasteiger partial charge in [-0.3, -0.25) is 9.59 Å². The van der Waals surface area contributed by atoms with E-state index in [0.717, 1.165) is 15.6 Å². The Kier molecular flexibility index (Phi) is 7.85. The second-order valence-electron chi connectivity index (χ2n) is 6.33. The van der Waals surface area contributed by atoms with Crippen molar-refractivity contribution in [1.82, 2.24) is 10.2 Å². The maximum Gasteiger partial charge on any atom is 0.261 e. The molecule has 2 amide bonds. The molecule has 0 spiro atoms. The normalized spacial score (nSPS) is 11.6. The Bertz CT molecular complexity index is 795. The van der Waals surface area contributed by atoms with E-state index in [0.29, 0.717) is 18.8 Å². The number of nitrogens with zero attached hydrogens (tertiary/aromatic N) is 1. The van der Waals surface area contributed by atoms with E-state index in [1.807, 2.05) is 62.4 Å². The summed E-state index contributed by atoms with van der Waals surface area (Å²) in [6.07, 6.45) is 0. The minimum Gasteiger partial charge on any atom is -0.484 e. The van der Waals surface area contributed by atoms with Crippen LogP contribution >= 0.6 is 15.9 Å². The summed E-state index contributed by atoms with van der Waals surface area (Å²) in [7, 11) is 0. The highest BCUT2D eigenvalue weighted by Crippen LogP contribution is 2.16. The van der Waals surface area contributed by atoms with Crippen molar-refractivity contribution in [1.29, 1.82) is 0 Å². The molecule has 0 aliphatic carbocycles. The van der Waals surface area contributed by atoms with Crippen molar-refractivity contribution in [3.05, 3.63) is 64.1 Å². The van der Waals surface area contributed by atoms with Gasteiger partial charge >= 0.3 is 0 Å². The molecule has 0 saturated heterocycles. The average Bonchev–Trinajstić information content (AvgIpc) is 2.64. The molecule has 0 fully saturated rings. The molecule has 5 nitrogen and oxygen atoms in total. The molecule has 2 rings (SSSR count). The Morgan fingerprint density at radius 1 is 1.19 bits per heavy atom. The SMILES string of the molecule is CCNC(=O)[C@@H](C)N(Cc1cccc(Br)c1)C(=O)COc1cccc(C)c1. The highest BCUT2D eigenvalue weighted by molar-refractivity contribution is 9.10. The molecule has 0 aromatic heterocycles. The molecule has 27 heavy (non-hydrogen) atoms. The summed E-state index contributed by atoms with van der Waals surface area (Å²) in [5, 5.41) is 2.78. The van der Waals surface area contributed by atoms with Crippen molar-refractivity contribution in [2.24, 2.45) is 0 Å². The quantitative estimate of drug-likeness (QED) is 0.691. The fourth-order valence-corrected chi connectivity index (χ4v) is 3.12. The second kappa shape index (κ2) is 10.1. The van der Waals surface area contributed by atoms with Crippen LogP contribution in [0.3, 0.4) is 0 Å². The van der Waals surface area contributed by atoms with Crippen molar-refractivity contribution < 1.29 is 14.3 Å². The summed E-state index contributed by atoms with van der Waals surface area (Å²) in [4.78, 5) is 26.7. The number of carbonyl (C=O) groups excluding carboxylic acids is 2. The standard InChI is InChI=1S/C21H25BrN2O3/c1-4-23-21(26)16(3)24(13-17-8-6-9-18(22)12-17)20(25)14-27-19-10-5-7-15(2)11-19/h5-12,16H,4,13-14H2,1-3H3,(H,23,26)/t16-/m1/s1. The van der Waals surface area contributed by atoms with Gasteiger partial charge in [-0.15, -0.1) is 0 Å². The van der Waals surface area contributed by atoms with Crippen molar-refractivity contribution in [2.75, 3.05) is 13.2 Å². The monoisotopic (exact) mass is 432 g/mol. The van der Waals surface area contributed by atoms with E-state index >= 15 is 0 Å². The Labute approximate surface area is 168 Å². The first-order valence-corrected chi connectivity index (χ1v) is 9.71. The van der Waals surface area contributed by atoms with Gasteiger partial charge in [0.25, 0.3) is 5.91 Å². The van der Waals surface area contributed by atoms with E-state index < -0.39 is 6.04 Å². The number of ether oxygens (including phenoxy) is 1.